The van der Waals surface area contributed by atoms with Crippen molar-refractivity contribution in [1.82, 2.24) is 36.3 Å². The van der Waals surface area contributed by atoms with E-state index in [0.29, 0.717) is 74.9 Å². The molecule has 46 nitrogen and oxygen atoms in total. The van der Waals surface area contributed by atoms with Crippen molar-refractivity contribution < 1.29 is 177 Å². The fraction of sp³-hybridized carbons (Fsp3) is 0.787. The second kappa shape index (κ2) is 44.8. The predicted octanol–water partition coefficient (Wildman–Crippen LogP) is -5.74. The van der Waals surface area contributed by atoms with E-state index in [4.69, 9.17) is 73.0 Å². The first-order chi connectivity index (χ1) is 66.6. The first kappa shape index (κ1) is 107. The van der Waals surface area contributed by atoms with Crippen LogP contribution in [0.2, 0.25) is 0 Å². The van der Waals surface area contributed by atoms with Crippen molar-refractivity contribution in [2.24, 2.45) is 34.3 Å². The Balaban J connectivity index is 0.557. The van der Waals surface area contributed by atoms with Gasteiger partial charge in [0.2, 0.25) is 35.4 Å². The average Bonchev–Trinajstić information content (AvgIpc) is 0.743. The summed E-state index contributed by atoms with van der Waals surface area (Å²) < 4.78 is 79.1. The van der Waals surface area contributed by atoms with Crippen LogP contribution in [0, 0.1) is 28.6 Å². The first-order valence-corrected chi connectivity index (χ1v) is 49.1. The molecule has 3 aromatic rings. The normalized spacial score (nSPS) is 41.3. The molecule has 40 atom stereocenters. The van der Waals surface area contributed by atoms with Crippen LogP contribution >= 0.6 is 0 Å². The van der Waals surface area contributed by atoms with Gasteiger partial charge >= 0.3 is 0 Å². The Morgan fingerprint density at radius 2 is 0.886 bits per heavy atom. The zero-order chi connectivity index (χ0) is 101. The number of hydrogen-bond acceptors (Lipinski definition) is 40. The number of carbonyl (C=O) groups is 6. The Bertz CT molecular complexity index is 4750. The number of ether oxygens (including phenoxy) is 13. The number of anilines is 2. The number of aliphatic hydroxyl groups is 17. The molecule has 31 unspecified atom stereocenters. The van der Waals surface area contributed by atoms with Crippen molar-refractivity contribution in [3.63, 3.8) is 0 Å². The highest BCUT2D eigenvalue weighted by atomic mass is 16.8. The molecular weight excluding hydrogens is 1850 g/mol. The molecule has 22 aliphatic heterocycles. The highest BCUT2D eigenvalue weighted by Crippen LogP contribution is 2.60. The van der Waals surface area contributed by atoms with Crippen molar-refractivity contribution in [1.29, 1.82) is 0 Å². The lowest BCUT2D eigenvalue weighted by Gasteiger charge is -2.56. The molecule has 23 heterocycles. The summed E-state index contributed by atoms with van der Waals surface area (Å²) in [6.45, 7) is 7.37. The first-order valence-electron chi connectivity index (χ1n) is 49.1. The number of nitrogens with two attached hydrogens (primary N) is 2. The van der Waals surface area contributed by atoms with Gasteiger partial charge in [0.15, 0.2) is 37.7 Å². The summed E-state index contributed by atoms with van der Waals surface area (Å²) in [5, 5.41) is 218. The number of benzene rings is 2. The second-order valence-corrected chi connectivity index (χ2v) is 41.2. The minimum absolute atomic E-state index is 0.0185. The third kappa shape index (κ3) is 21.5. The molecule has 46 heteroatoms. The molecule has 2 saturated carbocycles. The summed E-state index contributed by atoms with van der Waals surface area (Å²) >= 11 is 0. The number of aryl methyl sites for hydroxylation is 2. The van der Waals surface area contributed by atoms with Gasteiger partial charge in [0.05, 0.1) is 62.1 Å². The molecule has 27 aliphatic rings. The van der Waals surface area contributed by atoms with Crippen molar-refractivity contribution in [3.8, 4) is 0 Å². The monoisotopic (exact) mass is 1990 g/mol. The maximum Gasteiger partial charge on any atom is 0.246 e. The summed E-state index contributed by atoms with van der Waals surface area (Å²) in [6.07, 6.45) is -50.8. The largest absolute Gasteiger partial charge is 0.399 e. The van der Waals surface area contributed by atoms with Crippen LogP contribution in [0.4, 0.5) is 11.4 Å². The lowest BCUT2D eigenvalue weighted by atomic mass is 9.49. The van der Waals surface area contributed by atoms with Gasteiger partial charge in [0.1, 0.15) is 177 Å². The fourth-order valence-electron chi connectivity index (χ4n) is 23.6. The summed E-state index contributed by atoms with van der Waals surface area (Å²) in [4.78, 5) is 85.1. The van der Waals surface area contributed by atoms with Gasteiger partial charge in [-0.15, -0.1) is 5.10 Å². The van der Waals surface area contributed by atoms with E-state index < -0.39 is 300 Å². The molecule has 6 amide bonds. The smallest absolute Gasteiger partial charge is 0.246 e. The minimum Gasteiger partial charge on any atom is -0.399 e. The average molecular weight is 1990 g/mol. The third-order valence-corrected chi connectivity index (χ3v) is 31.7. The summed E-state index contributed by atoms with van der Waals surface area (Å²) in [5.41, 5.74) is 16.9. The number of aromatic nitrogens is 3. The van der Waals surface area contributed by atoms with Crippen LogP contribution < -0.4 is 38.1 Å². The zero-order valence-electron chi connectivity index (χ0n) is 79.6. The Morgan fingerprint density at radius 3 is 1.31 bits per heavy atom. The number of aliphatic hydroxyl groups excluding tert-OH is 17. The highest BCUT2D eigenvalue weighted by Gasteiger charge is 2.63. The van der Waals surface area contributed by atoms with E-state index in [0.717, 1.165) is 56.1 Å². The Labute approximate surface area is 808 Å². The van der Waals surface area contributed by atoms with E-state index in [-0.39, 0.29) is 54.1 Å². The Hall–Kier alpha value is -6.84. The van der Waals surface area contributed by atoms with Gasteiger partial charge in [-0.05, 0) is 172 Å². The van der Waals surface area contributed by atoms with Gasteiger partial charge in [0.25, 0.3) is 0 Å². The Morgan fingerprint density at radius 1 is 0.471 bits per heavy atom. The van der Waals surface area contributed by atoms with E-state index in [1.54, 1.807) is 13.8 Å². The van der Waals surface area contributed by atoms with Crippen molar-refractivity contribution in [2.45, 2.75) is 390 Å². The number of nitrogens with one attached hydrogen (secondary N) is 5. The van der Waals surface area contributed by atoms with E-state index >= 15 is 0 Å². The number of hydrogen-bond donors (Lipinski definition) is 24. The molecule has 22 saturated heterocycles. The van der Waals surface area contributed by atoms with Crippen LogP contribution in [-0.2, 0) is 127 Å². The standard InChI is InChI=1S/C94H142N10O36/c1-40(2)60(82(125)98-41(3)80(123)99-45-23-19-43-21-25-58-92(5,47(43)32-45)27-14-29-94(58,7)90(127)101-89(126)93(6)28-13-26-91(4)46-31-44(95)22-18-42(46)20-24-57(91)93)100-81(124)48(96)15-11-12-30-97-59(110)39-128-50-17-10-8-9-16-49-61(50)102-103-104(49)33-51-74-62(111)68(117)83(129-51)136-75-52(34-105)131-85(70(119)64(75)113)138-77-54(36-107)133-87(72(121)66(77)115)140-79-56(38-109)134-88(73(122)67(79)116)139-78-55(37-108)132-86(71(120)65(78)114)137-76-53(35-106)130-84(135-74)69(118)63(76)112/h18-19,22-23,31-32,40-41,48,50-58,60,62-79,83-88,105-109,111-122H,8-17,20-21,24-30,33-39,95-96H2,1-7H3,(H,97,110)(H,98,125)(H,99,123)(H,100,124)(H,101,126,127)/t41-,48+,50?,51?,52?,53?,54?,55?,56?,57+,58+,60-,62?,63?,64?,65?,66?,67?,68?,69?,70?,71?,72?,73?,74?,75?,76?,77?,78?,79?,83?,84?,85?,86?,87?,88?,91+,92+,93-,94-/m0/s1. The topological polar surface area (TPSA) is 709 Å². The number of nitrogen functional groups attached to an aromatic ring is 1. The van der Waals surface area contributed by atoms with Crippen molar-refractivity contribution >= 4 is 46.8 Å². The summed E-state index contributed by atoms with van der Waals surface area (Å²) in [7, 11) is 0. The van der Waals surface area contributed by atoms with Crippen LogP contribution in [0.5, 0.6) is 0 Å². The van der Waals surface area contributed by atoms with Gasteiger partial charge in [-0.2, -0.15) is 0 Å². The van der Waals surface area contributed by atoms with Gasteiger partial charge in [-0.3, -0.25) is 34.1 Å². The van der Waals surface area contributed by atoms with Gasteiger partial charge in [-0.1, -0.05) is 84.6 Å². The van der Waals surface area contributed by atoms with Crippen LogP contribution in [0.15, 0.2) is 36.4 Å². The van der Waals surface area contributed by atoms with E-state index in [1.165, 1.54) is 22.7 Å². The van der Waals surface area contributed by atoms with Crippen molar-refractivity contribution in [2.75, 3.05) is 57.2 Å². The van der Waals surface area contributed by atoms with Gasteiger partial charge in [-0.25, -0.2) is 4.68 Å². The fourth-order valence-corrected chi connectivity index (χ4v) is 23.6. The van der Waals surface area contributed by atoms with Crippen LogP contribution in [-0.4, -0.2) is 386 Å². The van der Waals surface area contributed by atoms with Gasteiger partial charge in [0, 0.05) is 17.9 Å². The van der Waals surface area contributed by atoms with Crippen LogP contribution in [0.25, 0.3) is 0 Å². The molecular formula is C94H142N10O36. The molecule has 30 rings (SSSR count). The molecule has 0 radical (unpaired) electrons. The van der Waals surface area contributed by atoms with E-state index in [9.17, 15) is 116 Å². The lowest BCUT2D eigenvalue weighted by molar-refractivity contribution is -0.403. The SMILES string of the molecule is CC(C)[C@H](NC(=O)[C@H](N)CCCCNC(=O)COC1CCCCCc2c1nnn2CC1OC2OC3C(CO)OC(OC4C(CO)OC(OC5C(CO)OC(OC6C(CO)OC(OC7C(CO)OC(OC1C(O)C2O)C(O)C7O)C(O)C6O)C(O)C5O)C(O)C4O)C(O)C3O)C(=O)N[C@@H](C)C(=O)Nc1ccc2c(c1)[C@@]1(C)CCC[C@](C)(C(=O)NC(=O)[C@@]3(C)CCC[C@]4(C)c5cc(N)ccc5CC[C@@H]34)[C@@H]1CC2. The molecule has 784 valence electrons. The summed E-state index contributed by atoms with van der Waals surface area (Å²) in [6, 6.07) is 8.68. The number of imide groups is 1. The molecule has 0 spiro atoms. The molecule has 12 bridgehead atoms. The minimum atomic E-state index is -2.26. The summed E-state index contributed by atoms with van der Waals surface area (Å²) in [5.74, 6) is -3.28. The van der Waals surface area contributed by atoms with Crippen LogP contribution in [0.3, 0.4) is 0 Å². The second-order valence-electron chi connectivity index (χ2n) is 41.2. The van der Waals surface area contributed by atoms with Crippen LogP contribution in [0.1, 0.15) is 185 Å². The third-order valence-electron chi connectivity index (χ3n) is 31.7. The van der Waals surface area contributed by atoms with E-state index in [2.05, 4.69) is 62.9 Å². The number of nitrogens with zero attached hydrogens (tertiary/aromatic N) is 3. The number of fused-ring (bicyclic) bond motifs is 7. The maximum absolute atomic E-state index is 14.9. The van der Waals surface area contributed by atoms with Gasteiger partial charge < -0.3 is 181 Å². The quantitative estimate of drug-likeness (QED) is 0.0226. The van der Waals surface area contributed by atoms with Crippen molar-refractivity contribution in [3.05, 3.63) is 70.0 Å². The highest BCUT2D eigenvalue weighted by molar-refractivity contribution is 6.01. The lowest BCUT2D eigenvalue weighted by Crippen LogP contribution is -2.69. The predicted molar refractivity (Wildman–Crippen MR) is 480 cm³/mol. The maximum atomic E-state index is 14.9. The Kier molecular flexibility index (Phi) is 34.4. The number of unbranched alkanes of at least 4 members (excludes halogenated alkanes) is 1. The molecule has 1 aromatic heterocycles. The number of carbonyl (C=O) groups excluding carboxylic acids is 6. The molecule has 2 aromatic carbocycles. The molecule has 5 aliphatic carbocycles. The van der Waals surface area contributed by atoms with E-state index in [1.807, 2.05) is 38.1 Å². The molecule has 140 heavy (non-hydrogen) atoms. The molecule has 24 fully saturated rings. The molecule has 26 N–H and O–H groups in total. The number of rotatable bonds is 24. The number of amides is 6. The zero-order valence-corrected chi connectivity index (χ0v) is 79.6.